The standard InChI is InChI=1S/C16H15N3O/c20-15-8-4-2-6-13(15)11-17-19-16-10-9-12-5-1-3-7-14(12)18-16/h1-3,5-7,9-11,17H,4,8H2,(H,18,19). The van der Waals surface area contributed by atoms with Crippen LogP contribution in [0.15, 0.2) is 60.3 Å². The van der Waals surface area contributed by atoms with Crippen molar-refractivity contribution in [3.05, 3.63) is 60.3 Å². The number of anilines is 1. The number of hydrogen-bond donors (Lipinski definition) is 2. The quantitative estimate of drug-likeness (QED) is 0.661. The lowest BCUT2D eigenvalue weighted by Crippen LogP contribution is -2.18. The molecular formula is C16H15N3O. The molecule has 4 heteroatoms. The van der Waals surface area contributed by atoms with Gasteiger partial charge >= 0.3 is 0 Å². The Morgan fingerprint density at radius 1 is 1.15 bits per heavy atom. The van der Waals surface area contributed by atoms with Crippen LogP contribution in [0.25, 0.3) is 10.9 Å². The molecule has 1 aromatic carbocycles. The highest BCUT2D eigenvalue weighted by atomic mass is 16.1. The second kappa shape index (κ2) is 5.57. The monoisotopic (exact) mass is 265 g/mol. The SMILES string of the molecule is O=C1CCC=CC1=CNNc1ccc2ccccc2n1. The molecule has 20 heavy (non-hydrogen) atoms. The fourth-order valence-corrected chi connectivity index (χ4v) is 2.11. The van der Waals surface area contributed by atoms with Gasteiger partial charge in [-0.05, 0) is 24.6 Å². The molecule has 0 bridgehead atoms. The molecule has 4 nitrogen and oxygen atoms in total. The van der Waals surface area contributed by atoms with Gasteiger partial charge in [0.05, 0.1) is 5.52 Å². The minimum atomic E-state index is 0.160. The van der Waals surface area contributed by atoms with E-state index in [0.29, 0.717) is 17.8 Å². The number of hydrazine groups is 1. The molecule has 0 radical (unpaired) electrons. The first-order chi connectivity index (χ1) is 9.83. The van der Waals surface area contributed by atoms with E-state index in [4.69, 9.17) is 0 Å². The third-order valence-corrected chi connectivity index (χ3v) is 3.18. The maximum Gasteiger partial charge on any atom is 0.164 e. The van der Waals surface area contributed by atoms with Crippen LogP contribution in [0.2, 0.25) is 0 Å². The van der Waals surface area contributed by atoms with Crippen molar-refractivity contribution < 1.29 is 4.79 Å². The Bertz CT molecular complexity index is 704. The molecular weight excluding hydrogens is 250 g/mol. The molecule has 1 heterocycles. The van der Waals surface area contributed by atoms with Crippen molar-refractivity contribution in [2.24, 2.45) is 0 Å². The number of pyridine rings is 1. The van der Waals surface area contributed by atoms with Crippen molar-refractivity contribution in [1.82, 2.24) is 10.4 Å². The second-order valence-corrected chi connectivity index (χ2v) is 4.62. The first-order valence-electron chi connectivity index (χ1n) is 6.60. The summed E-state index contributed by atoms with van der Waals surface area (Å²) in [4.78, 5) is 16.1. The lowest BCUT2D eigenvalue weighted by atomic mass is 10.0. The van der Waals surface area contributed by atoms with Crippen LogP contribution in [0, 0.1) is 0 Å². The Morgan fingerprint density at radius 3 is 2.95 bits per heavy atom. The number of carbonyl (C=O) groups excluding carboxylic acids is 1. The summed E-state index contributed by atoms with van der Waals surface area (Å²) >= 11 is 0. The van der Waals surface area contributed by atoms with E-state index < -0.39 is 0 Å². The summed E-state index contributed by atoms with van der Waals surface area (Å²) in [5.74, 6) is 0.876. The number of rotatable bonds is 3. The van der Waals surface area contributed by atoms with Gasteiger partial charge < -0.3 is 5.43 Å². The lowest BCUT2D eigenvalue weighted by molar-refractivity contribution is -0.115. The minimum absolute atomic E-state index is 0.160. The summed E-state index contributed by atoms with van der Waals surface area (Å²) in [6.07, 6.45) is 6.93. The van der Waals surface area contributed by atoms with Gasteiger partial charge in [0.25, 0.3) is 0 Å². The Labute approximate surface area is 117 Å². The van der Waals surface area contributed by atoms with Crippen LogP contribution in [-0.4, -0.2) is 10.8 Å². The molecule has 1 aliphatic rings. The molecule has 2 aromatic rings. The van der Waals surface area contributed by atoms with Crippen molar-refractivity contribution in [2.75, 3.05) is 5.43 Å². The van der Waals surface area contributed by atoms with Crippen LogP contribution in [0.4, 0.5) is 5.82 Å². The molecule has 0 atom stereocenters. The van der Waals surface area contributed by atoms with Crippen LogP contribution in [0.5, 0.6) is 0 Å². The van der Waals surface area contributed by atoms with E-state index in [1.165, 1.54) is 0 Å². The Morgan fingerprint density at radius 2 is 2.05 bits per heavy atom. The first kappa shape index (κ1) is 12.4. The predicted molar refractivity (Wildman–Crippen MR) is 80.0 cm³/mol. The molecule has 1 aromatic heterocycles. The van der Waals surface area contributed by atoms with Crippen molar-refractivity contribution in [1.29, 1.82) is 0 Å². The fourth-order valence-electron chi connectivity index (χ4n) is 2.11. The van der Waals surface area contributed by atoms with E-state index in [1.54, 1.807) is 6.20 Å². The molecule has 0 unspecified atom stereocenters. The van der Waals surface area contributed by atoms with E-state index in [2.05, 4.69) is 15.8 Å². The third-order valence-electron chi connectivity index (χ3n) is 3.18. The number of nitrogens with zero attached hydrogens (tertiary/aromatic N) is 1. The van der Waals surface area contributed by atoms with Crippen molar-refractivity contribution in [2.45, 2.75) is 12.8 Å². The number of Topliss-reactive ketones (excluding diaryl/α,β-unsaturated/α-hetero) is 1. The number of allylic oxidation sites excluding steroid dienone is 3. The van der Waals surface area contributed by atoms with E-state index >= 15 is 0 Å². The van der Waals surface area contributed by atoms with E-state index in [0.717, 1.165) is 17.3 Å². The van der Waals surface area contributed by atoms with Gasteiger partial charge in [0.15, 0.2) is 5.78 Å². The summed E-state index contributed by atoms with van der Waals surface area (Å²) < 4.78 is 0. The van der Waals surface area contributed by atoms with E-state index in [1.807, 2.05) is 48.6 Å². The van der Waals surface area contributed by atoms with Crippen LogP contribution < -0.4 is 10.9 Å². The molecule has 0 saturated carbocycles. The molecule has 2 N–H and O–H groups in total. The lowest BCUT2D eigenvalue weighted by Gasteiger charge is -2.09. The molecule has 100 valence electrons. The van der Waals surface area contributed by atoms with Gasteiger partial charge in [-0.1, -0.05) is 30.4 Å². The molecule has 0 spiro atoms. The number of aromatic nitrogens is 1. The van der Waals surface area contributed by atoms with Crippen LogP contribution in [-0.2, 0) is 4.79 Å². The normalized spacial score (nSPS) is 16.6. The largest absolute Gasteiger partial charge is 0.306 e. The summed E-state index contributed by atoms with van der Waals surface area (Å²) in [5, 5.41) is 1.10. The molecule has 0 saturated heterocycles. The van der Waals surface area contributed by atoms with Crippen LogP contribution in [0.1, 0.15) is 12.8 Å². The maximum atomic E-state index is 11.6. The van der Waals surface area contributed by atoms with Gasteiger partial charge in [-0.3, -0.25) is 10.2 Å². The maximum absolute atomic E-state index is 11.6. The third kappa shape index (κ3) is 2.69. The summed E-state index contributed by atoms with van der Waals surface area (Å²) in [7, 11) is 0. The van der Waals surface area contributed by atoms with Gasteiger partial charge in [-0.15, -0.1) is 0 Å². The Kier molecular flexibility index (Phi) is 3.46. The number of nitrogens with one attached hydrogen (secondary N) is 2. The number of fused-ring (bicyclic) bond motifs is 1. The van der Waals surface area contributed by atoms with Crippen molar-refractivity contribution in [3.63, 3.8) is 0 Å². The van der Waals surface area contributed by atoms with Gasteiger partial charge in [0.2, 0.25) is 0 Å². The highest BCUT2D eigenvalue weighted by Gasteiger charge is 2.09. The summed E-state index contributed by atoms with van der Waals surface area (Å²) in [6.45, 7) is 0. The number of benzene rings is 1. The number of ketones is 1. The zero-order valence-corrected chi connectivity index (χ0v) is 11.0. The fraction of sp³-hybridized carbons (Fsp3) is 0.125. The number of carbonyl (C=O) groups is 1. The zero-order valence-electron chi connectivity index (χ0n) is 11.0. The van der Waals surface area contributed by atoms with Gasteiger partial charge in [-0.2, -0.15) is 0 Å². The zero-order chi connectivity index (χ0) is 13.8. The highest BCUT2D eigenvalue weighted by Crippen LogP contribution is 2.14. The Hall–Kier alpha value is -2.62. The Balaban J connectivity index is 1.71. The van der Waals surface area contributed by atoms with Gasteiger partial charge in [0, 0.05) is 23.6 Å². The second-order valence-electron chi connectivity index (χ2n) is 4.62. The number of para-hydroxylation sites is 1. The predicted octanol–water partition coefficient (Wildman–Crippen LogP) is 2.95. The summed E-state index contributed by atoms with van der Waals surface area (Å²) in [6, 6.07) is 11.8. The van der Waals surface area contributed by atoms with Crippen LogP contribution >= 0.6 is 0 Å². The molecule has 0 fully saturated rings. The van der Waals surface area contributed by atoms with Gasteiger partial charge in [0.1, 0.15) is 5.82 Å². The number of hydrogen-bond acceptors (Lipinski definition) is 4. The van der Waals surface area contributed by atoms with Crippen molar-refractivity contribution in [3.8, 4) is 0 Å². The van der Waals surface area contributed by atoms with E-state index in [9.17, 15) is 4.79 Å². The smallest absolute Gasteiger partial charge is 0.164 e. The van der Waals surface area contributed by atoms with Crippen molar-refractivity contribution >= 4 is 22.5 Å². The topological polar surface area (TPSA) is 54.0 Å². The molecule has 1 aliphatic carbocycles. The first-order valence-corrected chi connectivity index (χ1v) is 6.60. The average Bonchev–Trinajstić information content (AvgIpc) is 2.49. The minimum Gasteiger partial charge on any atom is -0.306 e. The molecule has 0 amide bonds. The summed E-state index contributed by atoms with van der Waals surface area (Å²) in [5.41, 5.74) is 7.52. The van der Waals surface area contributed by atoms with E-state index in [-0.39, 0.29) is 5.78 Å². The highest BCUT2D eigenvalue weighted by molar-refractivity contribution is 5.98. The van der Waals surface area contributed by atoms with Crippen LogP contribution in [0.3, 0.4) is 0 Å². The molecule has 3 rings (SSSR count). The van der Waals surface area contributed by atoms with Gasteiger partial charge in [-0.25, -0.2) is 4.98 Å². The average molecular weight is 265 g/mol. The molecule has 0 aliphatic heterocycles.